The van der Waals surface area contributed by atoms with Gasteiger partial charge in [-0.05, 0) is 60.6 Å². The zero-order valence-electron chi connectivity index (χ0n) is 22.5. The summed E-state index contributed by atoms with van der Waals surface area (Å²) in [4.78, 5) is 30.3. The lowest BCUT2D eigenvalue weighted by molar-refractivity contribution is -0.121. The van der Waals surface area contributed by atoms with Gasteiger partial charge in [0.25, 0.3) is 0 Å². The normalized spacial score (nSPS) is 14.5. The van der Waals surface area contributed by atoms with Crippen LogP contribution in [-0.2, 0) is 14.3 Å². The third-order valence-corrected chi connectivity index (χ3v) is 6.74. The van der Waals surface area contributed by atoms with Gasteiger partial charge < -0.3 is 21.1 Å². The molecular formula is C31H34N6O3. The van der Waals surface area contributed by atoms with E-state index in [2.05, 4.69) is 21.6 Å². The number of carbonyl (C=O) groups excluding carboxylic acids is 2. The highest BCUT2D eigenvalue weighted by Crippen LogP contribution is 2.23. The summed E-state index contributed by atoms with van der Waals surface area (Å²) >= 11 is 0. The molecule has 206 valence electrons. The molecule has 1 atom stereocenters. The Morgan fingerprint density at radius 3 is 2.42 bits per heavy atom. The largest absolute Gasteiger partial charge is 0.397 e. The van der Waals surface area contributed by atoms with Gasteiger partial charge in [0.15, 0.2) is 0 Å². The van der Waals surface area contributed by atoms with Crippen molar-refractivity contribution in [2.75, 3.05) is 62.8 Å². The molecular weight excluding hydrogens is 504 g/mol. The first-order valence-corrected chi connectivity index (χ1v) is 13.2. The third kappa shape index (κ3) is 8.01. The van der Waals surface area contributed by atoms with Crippen LogP contribution >= 0.6 is 0 Å². The Hall–Kier alpha value is -4.49. The van der Waals surface area contributed by atoms with E-state index >= 15 is 0 Å². The summed E-state index contributed by atoms with van der Waals surface area (Å²) in [6.45, 7) is 4.71. The predicted octanol–water partition coefficient (Wildman–Crippen LogP) is 3.74. The fraction of sp³-hybridized carbons (Fsp3) is 0.258. The Balaban J connectivity index is 1.46. The number of nitrogens with one attached hydrogen (secondary N) is 2. The highest BCUT2D eigenvalue weighted by Gasteiger charge is 2.26. The number of hydrogen-bond acceptors (Lipinski definition) is 7. The van der Waals surface area contributed by atoms with Crippen LogP contribution in [0.2, 0.25) is 0 Å². The second-order valence-electron chi connectivity index (χ2n) is 9.59. The van der Waals surface area contributed by atoms with E-state index in [1.807, 2.05) is 36.2 Å². The average molecular weight is 539 g/mol. The Bertz CT molecular complexity index is 1360. The van der Waals surface area contributed by atoms with E-state index in [0.29, 0.717) is 29.2 Å². The van der Waals surface area contributed by atoms with Crippen molar-refractivity contribution in [1.82, 2.24) is 9.80 Å². The molecule has 4 rings (SSSR count). The number of rotatable bonds is 10. The van der Waals surface area contributed by atoms with Gasteiger partial charge in [0.05, 0.1) is 36.2 Å². The molecule has 0 saturated carbocycles. The van der Waals surface area contributed by atoms with Crippen molar-refractivity contribution in [3.63, 3.8) is 0 Å². The van der Waals surface area contributed by atoms with Crippen molar-refractivity contribution in [3.05, 3.63) is 95.6 Å². The van der Waals surface area contributed by atoms with E-state index in [1.165, 1.54) is 6.08 Å². The molecule has 1 unspecified atom stereocenters. The molecule has 2 amide bonds. The summed E-state index contributed by atoms with van der Waals surface area (Å²) in [5, 5.41) is 14.8. The maximum atomic E-state index is 13.5. The molecule has 40 heavy (non-hydrogen) atoms. The number of amides is 2. The number of nitrogen functional groups attached to an aromatic ring is 1. The van der Waals surface area contributed by atoms with Crippen LogP contribution in [0, 0.1) is 11.3 Å². The number of benzene rings is 3. The van der Waals surface area contributed by atoms with Gasteiger partial charge in [-0.25, -0.2) is 0 Å². The van der Waals surface area contributed by atoms with Gasteiger partial charge in [-0.3, -0.25) is 19.4 Å². The number of anilines is 3. The summed E-state index contributed by atoms with van der Waals surface area (Å²) in [6, 6.07) is 23.0. The minimum Gasteiger partial charge on any atom is -0.397 e. The molecule has 1 aliphatic heterocycles. The van der Waals surface area contributed by atoms with Gasteiger partial charge in [-0.2, -0.15) is 5.26 Å². The molecule has 1 saturated heterocycles. The highest BCUT2D eigenvalue weighted by molar-refractivity contribution is 6.03. The summed E-state index contributed by atoms with van der Waals surface area (Å²) < 4.78 is 5.45. The molecule has 9 nitrogen and oxygen atoms in total. The zero-order chi connectivity index (χ0) is 28.3. The Kier molecular flexibility index (Phi) is 10.0. The van der Waals surface area contributed by atoms with E-state index in [-0.39, 0.29) is 11.8 Å². The summed E-state index contributed by atoms with van der Waals surface area (Å²) in [5.41, 5.74) is 9.76. The number of hydrogen-bond donors (Lipinski definition) is 3. The van der Waals surface area contributed by atoms with Crippen LogP contribution in [0.25, 0.3) is 6.08 Å². The van der Waals surface area contributed by atoms with Crippen LogP contribution < -0.4 is 16.4 Å². The van der Waals surface area contributed by atoms with Crippen LogP contribution in [-0.4, -0.2) is 68.1 Å². The molecule has 0 radical (unpaired) electrons. The molecule has 0 spiro atoms. The molecule has 1 aliphatic rings. The minimum absolute atomic E-state index is 0.169. The van der Waals surface area contributed by atoms with Crippen LogP contribution in [0.3, 0.4) is 0 Å². The van der Waals surface area contributed by atoms with E-state index in [0.717, 1.165) is 44.0 Å². The summed E-state index contributed by atoms with van der Waals surface area (Å²) in [5.74, 6) is -0.457. The van der Waals surface area contributed by atoms with Crippen LogP contribution in [0.5, 0.6) is 0 Å². The number of nitrogens with zero attached hydrogens (tertiary/aromatic N) is 3. The number of ether oxygens (including phenoxy) is 1. The van der Waals surface area contributed by atoms with Gasteiger partial charge in [0, 0.05) is 37.9 Å². The van der Waals surface area contributed by atoms with E-state index in [4.69, 9.17) is 15.7 Å². The Labute approximate surface area is 234 Å². The second-order valence-corrected chi connectivity index (χ2v) is 9.59. The van der Waals surface area contributed by atoms with Gasteiger partial charge in [0.1, 0.15) is 6.04 Å². The molecule has 4 N–H and O–H groups in total. The topological polar surface area (TPSA) is 124 Å². The van der Waals surface area contributed by atoms with E-state index in [9.17, 15) is 9.59 Å². The molecule has 3 aromatic rings. The monoisotopic (exact) mass is 538 g/mol. The van der Waals surface area contributed by atoms with Gasteiger partial charge in [0.2, 0.25) is 11.8 Å². The number of nitrogens with two attached hydrogens (primary N) is 1. The summed E-state index contributed by atoms with van der Waals surface area (Å²) in [6.07, 6.45) is 3.16. The van der Waals surface area contributed by atoms with Crippen molar-refractivity contribution >= 4 is 35.0 Å². The lowest BCUT2D eigenvalue weighted by atomic mass is 10.0. The van der Waals surface area contributed by atoms with E-state index < -0.39 is 6.04 Å². The fourth-order valence-electron chi connectivity index (χ4n) is 4.44. The van der Waals surface area contributed by atoms with Crippen molar-refractivity contribution < 1.29 is 14.3 Å². The lowest BCUT2D eigenvalue weighted by Crippen LogP contribution is -2.43. The minimum atomic E-state index is -0.543. The quantitative estimate of drug-likeness (QED) is 0.265. The SMILES string of the molecule is CN(CCN1CCOCC1)C(C(=O)Nc1ccc(C#N)cc1)c1ccc(/C=C/C(=O)Nc2ccccc2N)cc1. The van der Waals surface area contributed by atoms with Crippen molar-refractivity contribution in [2.45, 2.75) is 6.04 Å². The molecule has 1 heterocycles. The number of nitriles is 1. The first-order valence-electron chi connectivity index (χ1n) is 13.2. The van der Waals surface area contributed by atoms with Gasteiger partial charge in [-0.1, -0.05) is 36.4 Å². The molecule has 0 bridgehead atoms. The molecule has 1 fully saturated rings. The number of para-hydroxylation sites is 2. The predicted molar refractivity (Wildman–Crippen MR) is 157 cm³/mol. The van der Waals surface area contributed by atoms with Crippen molar-refractivity contribution in [2.24, 2.45) is 0 Å². The maximum Gasteiger partial charge on any atom is 0.248 e. The van der Waals surface area contributed by atoms with Crippen molar-refractivity contribution in [3.8, 4) is 6.07 Å². The number of carbonyl (C=O) groups is 2. The Morgan fingerprint density at radius 1 is 1.05 bits per heavy atom. The molecule has 3 aromatic carbocycles. The lowest BCUT2D eigenvalue weighted by Gasteiger charge is -2.32. The van der Waals surface area contributed by atoms with Crippen LogP contribution in [0.15, 0.2) is 78.9 Å². The molecule has 9 heteroatoms. The first-order chi connectivity index (χ1) is 19.4. The smallest absolute Gasteiger partial charge is 0.248 e. The van der Waals surface area contributed by atoms with Crippen LogP contribution in [0.4, 0.5) is 17.1 Å². The first kappa shape index (κ1) is 28.5. The maximum absolute atomic E-state index is 13.5. The fourth-order valence-corrected chi connectivity index (χ4v) is 4.44. The summed E-state index contributed by atoms with van der Waals surface area (Å²) in [7, 11) is 1.94. The highest BCUT2D eigenvalue weighted by atomic mass is 16.5. The number of morpholine rings is 1. The van der Waals surface area contributed by atoms with E-state index in [1.54, 1.807) is 54.6 Å². The molecule has 0 aliphatic carbocycles. The number of likely N-dealkylation sites (N-methyl/N-ethyl adjacent to an activating group) is 1. The standard InChI is InChI=1S/C31H34N6O3/c1-36(16-17-37-18-20-40-21-19-37)30(31(39)34-26-13-8-24(22-32)9-14-26)25-11-6-23(7-12-25)10-15-29(38)35-28-5-3-2-4-27(28)33/h2-15,30H,16-21,33H2,1H3,(H,34,39)(H,35,38)/b15-10+. The van der Waals surface area contributed by atoms with Crippen LogP contribution in [0.1, 0.15) is 22.7 Å². The third-order valence-electron chi connectivity index (χ3n) is 6.74. The second kappa shape index (κ2) is 14.1. The molecule has 0 aromatic heterocycles. The van der Waals surface area contributed by atoms with Gasteiger partial charge in [-0.15, -0.1) is 0 Å². The Morgan fingerprint density at radius 2 is 1.75 bits per heavy atom. The van der Waals surface area contributed by atoms with Gasteiger partial charge >= 0.3 is 0 Å². The average Bonchev–Trinajstić information content (AvgIpc) is 2.98. The zero-order valence-corrected chi connectivity index (χ0v) is 22.5. The van der Waals surface area contributed by atoms with Crippen molar-refractivity contribution in [1.29, 1.82) is 5.26 Å².